The van der Waals surface area contributed by atoms with Gasteiger partial charge >= 0.3 is 0 Å². The molecule has 0 aliphatic rings. The molecular weight excluding hydrogens is 240 g/mol. The van der Waals surface area contributed by atoms with E-state index in [0.29, 0.717) is 11.4 Å². The Hall–Kier alpha value is -1.39. The molecule has 0 saturated heterocycles. The quantitative estimate of drug-likeness (QED) is 0.476. The molecule has 3 N–H and O–H groups in total. The molecule has 17 heavy (non-hydrogen) atoms. The summed E-state index contributed by atoms with van der Waals surface area (Å²) in [6, 6.07) is 5.46. The Morgan fingerprint density at radius 2 is 2.06 bits per heavy atom. The van der Waals surface area contributed by atoms with Gasteiger partial charge in [0.1, 0.15) is 5.78 Å². The Morgan fingerprint density at radius 3 is 2.71 bits per heavy atom. The number of Topliss-reactive ketones (excluding diaryl/α,β-unsaturated/α-hetero) is 1. The first-order valence-electron chi connectivity index (χ1n) is 5.29. The van der Waals surface area contributed by atoms with Gasteiger partial charge in [-0.1, -0.05) is 23.7 Å². The highest BCUT2D eigenvalue weighted by atomic mass is 35.5. The van der Waals surface area contributed by atoms with Crippen LogP contribution >= 0.6 is 11.6 Å². The first kappa shape index (κ1) is 13.7. The van der Waals surface area contributed by atoms with Crippen molar-refractivity contribution in [2.45, 2.75) is 26.2 Å². The minimum atomic E-state index is -0.332. The maximum atomic E-state index is 11.6. The molecule has 5 heteroatoms. The number of hydrogen-bond donors (Lipinski definition) is 2. The summed E-state index contributed by atoms with van der Waals surface area (Å²) in [7, 11) is 0. The van der Waals surface area contributed by atoms with Gasteiger partial charge in [0.15, 0.2) is 0 Å². The minimum Gasteiger partial charge on any atom is -0.299 e. The number of hydrazine groups is 1. The van der Waals surface area contributed by atoms with Gasteiger partial charge in [-0.05, 0) is 24.1 Å². The Morgan fingerprint density at radius 1 is 1.35 bits per heavy atom. The van der Waals surface area contributed by atoms with Gasteiger partial charge in [0, 0.05) is 24.3 Å². The zero-order valence-electron chi connectivity index (χ0n) is 9.63. The lowest BCUT2D eigenvalue weighted by molar-refractivity contribution is -0.125. The second kappa shape index (κ2) is 6.37. The van der Waals surface area contributed by atoms with Crippen LogP contribution in [0.2, 0.25) is 5.02 Å². The van der Waals surface area contributed by atoms with E-state index in [4.69, 9.17) is 17.4 Å². The van der Waals surface area contributed by atoms with Crippen molar-refractivity contribution in [1.82, 2.24) is 5.43 Å². The number of carbonyl (C=O) groups is 2. The molecule has 0 radical (unpaired) electrons. The largest absolute Gasteiger partial charge is 0.299 e. The van der Waals surface area contributed by atoms with Crippen molar-refractivity contribution in [1.29, 1.82) is 0 Å². The van der Waals surface area contributed by atoms with Gasteiger partial charge < -0.3 is 0 Å². The van der Waals surface area contributed by atoms with Crippen molar-refractivity contribution >= 4 is 23.3 Å². The van der Waals surface area contributed by atoms with Gasteiger partial charge in [0.25, 0.3) is 0 Å². The van der Waals surface area contributed by atoms with Crippen molar-refractivity contribution in [3.05, 3.63) is 34.3 Å². The van der Waals surface area contributed by atoms with E-state index in [1.807, 2.05) is 24.5 Å². The summed E-state index contributed by atoms with van der Waals surface area (Å²) in [5.74, 6) is 4.59. The molecule has 0 saturated carbocycles. The number of carbonyl (C=O) groups excluding carboxylic acids is 2. The molecule has 0 fully saturated rings. The highest BCUT2D eigenvalue weighted by Gasteiger charge is 2.09. The molecule has 0 bridgehead atoms. The third kappa shape index (κ3) is 4.17. The molecule has 0 atom stereocenters. The van der Waals surface area contributed by atoms with Crippen molar-refractivity contribution in [3.8, 4) is 0 Å². The summed E-state index contributed by atoms with van der Waals surface area (Å²) in [5.41, 5.74) is 3.80. The minimum absolute atomic E-state index is 0.000957. The molecule has 0 heterocycles. The molecule has 1 aromatic rings. The lowest BCUT2D eigenvalue weighted by Gasteiger charge is -2.06. The standard InChI is InChI=1S/C12H15ClN2O2/c1-8-9(3-2-4-11(8)13)7-10(16)5-6-12(17)15-14/h2-4H,5-7,14H2,1H3,(H,15,17). The van der Waals surface area contributed by atoms with Crippen LogP contribution in [0, 0.1) is 6.92 Å². The topological polar surface area (TPSA) is 72.2 Å². The summed E-state index contributed by atoms with van der Waals surface area (Å²) in [5, 5.41) is 0.648. The average molecular weight is 255 g/mol. The van der Waals surface area contributed by atoms with Gasteiger partial charge in [0.2, 0.25) is 5.91 Å². The van der Waals surface area contributed by atoms with Crippen LogP contribution in [-0.2, 0) is 16.0 Å². The van der Waals surface area contributed by atoms with Gasteiger partial charge in [-0.3, -0.25) is 15.0 Å². The molecule has 4 nitrogen and oxygen atoms in total. The van der Waals surface area contributed by atoms with E-state index in [-0.39, 0.29) is 24.5 Å². The van der Waals surface area contributed by atoms with E-state index >= 15 is 0 Å². The Kier molecular flexibility index (Phi) is 5.12. The second-order valence-electron chi connectivity index (χ2n) is 3.81. The maximum absolute atomic E-state index is 11.6. The van der Waals surface area contributed by atoms with E-state index in [2.05, 4.69) is 0 Å². The smallest absolute Gasteiger partial charge is 0.234 e. The highest BCUT2D eigenvalue weighted by molar-refractivity contribution is 6.31. The Bertz CT molecular complexity index is 433. The lowest BCUT2D eigenvalue weighted by Crippen LogP contribution is -2.30. The van der Waals surface area contributed by atoms with Crippen LogP contribution in [0.15, 0.2) is 18.2 Å². The number of amides is 1. The monoisotopic (exact) mass is 254 g/mol. The molecule has 0 unspecified atom stereocenters. The van der Waals surface area contributed by atoms with E-state index in [1.54, 1.807) is 6.07 Å². The lowest BCUT2D eigenvalue weighted by atomic mass is 10.0. The summed E-state index contributed by atoms with van der Waals surface area (Å²) in [6.07, 6.45) is 0.605. The van der Waals surface area contributed by atoms with Crippen LogP contribution in [0.25, 0.3) is 0 Å². The second-order valence-corrected chi connectivity index (χ2v) is 4.21. The van der Waals surface area contributed by atoms with Gasteiger partial charge in [0.05, 0.1) is 0 Å². The van der Waals surface area contributed by atoms with E-state index < -0.39 is 0 Å². The van der Waals surface area contributed by atoms with Crippen molar-refractivity contribution in [3.63, 3.8) is 0 Å². The molecule has 0 aliphatic heterocycles. The van der Waals surface area contributed by atoms with Crippen LogP contribution in [-0.4, -0.2) is 11.7 Å². The van der Waals surface area contributed by atoms with Crippen LogP contribution in [0.3, 0.4) is 0 Å². The third-order valence-corrected chi connectivity index (χ3v) is 2.97. The van der Waals surface area contributed by atoms with Gasteiger partial charge in [-0.2, -0.15) is 0 Å². The van der Waals surface area contributed by atoms with Crippen LogP contribution in [0.4, 0.5) is 0 Å². The number of hydrogen-bond acceptors (Lipinski definition) is 3. The van der Waals surface area contributed by atoms with Gasteiger partial charge in [-0.15, -0.1) is 0 Å². The first-order chi connectivity index (χ1) is 8.04. The number of nitrogens with one attached hydrogen (secondary N) is 1. The number of nitrogens with two attached hydrogens (primary N) is 1. The molecule has 0 aliphatic carbocycles. The summed E-state index contributed by atoms with van der Waals surface area (Å²) >= 11 is 5.96. The number of ketones is 1. The molecule has 1 rings (SSSR count). The summed E-state index contributed by atoms with van der Waals surface area (Å²) in [6.45, 7) is 1.87. The Labute approximate surface area is 105 Å². The zero-order chi connectivity index (χ0) is 12.8. The van der Waals surface area contributed by atoms with Gasteiger partial charge in [-0.25, -0.2) is 5.84 Å². The molecule has 1 aromatic carbocycles. The molecule has 1 amide bonds. The molecule has 0 aromatic heterocycles. The molecule has 92 valence electrons. The Balaban J connectivity index is 2.56. The normalized spacial score (nSPS) is 10.1. The third-order valence-electron chi connectivity index (χ3n) is 2.56. The average Bonchev–Trinajstić information content (AvgIpc) is 2.32. The van der Waals surface area contributed by atoms with E-state index in [1.165, 1.54) is 0 Å². The zero-order valence-corrected chi connectivity index (χ0v) is 10.4. The van der Waals surface area contributed by atoms with Crippen molar-refractivity contribution in [2.75, 3.05) is 0 Å². The van der Waals surface area contributed by atoms with Crippen molar-refractivity contribution < 1.29 is 9.59 Å². The maximum Gasteiger partial charge on any atom is 0.234 e. The predicted molar refractivity (Wildman–Crippen MR) is 66.5 cm³/mol. The highest BCUT2D eigenvalue weighted by Crippen LogP contribution is 2.19. The fourth-order valence-corrected chi connectivity index (χ4v) is 1.66. The van der Waals surface area contributed by atoms with Crippen LogP contribution < -0.4 is 11.3 Å². The number of benzene rings is 1. The number of halogens is 1. The van der Waals surface area contributed by atoms with E-state index in [9.17, 15) is 9.59 Å². The number of rotatable bonds is 5. The first-order valence-corrected chi connectivity index (χ1v) is 5.67. The SMILES string of the molecule is Cc1c(Cl)cccc1CC(=O)CCC(=O)NN. The van der Waals surface area contributed by atoms with Crippen LogP contribution in [0.1, 0.15) is 24.0 Å². The predicted octanol–water partition coefficient (Wildman–Crippen LogP) is 1.53. The summed E-state index contributed by atoms with van der Waals surface area (Å²) in [4.78, 5) is 22.5. The molecule has 0 spiro atoms. The van der Waals surface area contributed by atoms with E-state index in [0.717, 1.165) is 11.1 Å². The molecular formula is C12H15ClN2O2. The van der Waals surface area contributed by atoms with Crippen molar-refractivity contribution in [2.24, 2.45) is 5.84 Å². The van der Waals surface area contributed by atoms with Crippen LogP contribution in [0.5, 0.6) is 0 Å². The summed E-state index contributed by atoms with van der Waals surface area (Å²) < 4.78 is 0. The fraction of sp³-hybridized carbons (Fsp3) is 0.333. The fourth-order valence-electron chi connectivity index (χ4n) is 1.47.